The minimum atomic E-state index is -0.531. The number of hydrazone groups is 1. The van der Waals surface area contributed by atoms with E-state index in [4.69, 9.17) is 34.8 Å². The molecule has 2 amide bonds. The molecule has 0 saturated carbocycles. The van der Waals surface area contributed by atoms with Gasteiger partial charge in [-0.1, -0.05) is 46.9 Å². The topological polar surface area (TPSA) is 49.7 Å². The summed E-state index contributed by atoms with van der Waals surface area (Å²) in [7, 11) is 0. The third-order valence-electron chi connectivity index (χ3n) is 4.10. The molecule has 0 N–H and O–H groups in total. The molecule has 0 fully saturated rings. The molecule has 0 saturated heterocycles. The molecule has 0 atom stereocenters. The number of hydrogen-bond acceptors (Lipinski definition) is 3. The Kier molecular flexibility index (Phi) is 4.19. The molecular formula is C19H9Cl3N2O2. The van der Waals surface area contributed by atoms with Crippen LogP contribution < -0.4 is 0 Å². The van der Waals surface area contributed by atoms with Crippen molar-refractivity contribution in [3.05, 3.63) is 80.3 Å². The van der Waals surface area contributed by atoms with Crippen molar-refractivity contribution in [3.8, 4) is 0 Å². The van der Waals surface area contributed by atoms with Crippen molar-refractivity contribution >= 4 is 63.6 Å². The molecule has 1 aliphatic rings. The van der Waals surface area contributed by atoms with Crippen LogP contribution >= 0.6 is 34.8 Å². The lowest BCUT2D eigenvalue weighted by molar-refractivity contribution is 0.0616. The standard InChI is InChI=1S/C19H9Cl3N2O2/c20-11-3-1-10(2-4-11)9-23-24-18(25)12-5-7-14(21)17-15(22)8-6-13(16(12)17)19(24)26/h1-9H/b23-9+. The molecule has 1 aliphatic heterocycles. The summed E-state index contributed by atoms with van der Waals surface area (Å²) < 4.78 is 0. The molecule has 0 unspecified atom stereocenters. The van der Waals surface area contributed by atoms with E-state index in [1.54, 1.807) is 48.5 Å². The van der Waals surface area contributed by atoms with Crippen LogP contribution in [0.15, 0.2) is 53.6 Å². The summed E-state index contributed by atoms with van der Waals surface area (Å²) in [6, 6.07) is 13.2. The van der Waals surface area contributed by atoms with Crippen LogP contribution in [0.25, 0.3) is 10.8 Å². The second-order valence-corrected chi connectivity index (χ2v) is 6.91. The summed E-state index contributed by atoms with van der Waals surface area (Å²) in [6.07, 6.45) is 1.43. The van der Waals surface area contributed by atoms with Gasteiger partial charge in [0.05, 0.1) is 17.3 Å². The molecule has 4 nitrogen and oxygen atoms in total. The van der Waals surface area contributed by atoms with E-state index in [-0.39, 0.29) is 0 Å². The summed E-state index contributed by atoms with van der Waals surface area (Å²) in [5.74, 6) is -1.06. The lowest BCUT2D eigenvalue weighted by Crippen LogP contribution is -2.36. The first-order valence-electron chi connectivity index (χ1n) is 7.56. The van der Waals surface area contributed by atoms with Crippen molar-refractivity contribution in [2.24, 2.45) is 5.10 Å². The molecule has 3 aromatic carbocycles. The largest absolute Gasteiger partial charge is 0.282 e. The van der Waals surface area contributed by atoms with Gasteiger partial charge in [0.2, 0.25) is 0 Å². The monoisotopic (exact) mass is 402 g/mol. The van der Waals surface area contributed by atoms with E-state index in [1.807, 2.05) is 0 Å². The normalized spacial score (nSPS) is 13.9. The van der Waals surface area contributed by atoms with Gasteiger partial charge in [0.25, 0.3) is 11.8 Å². The Morgan fingerprint density at radius 3 is 1.81 bits per heavy atom. The zero-order valence-corrected chi connectivity index (χ0v) is 15.3. The van der Waals surface area contributed by atoms with E-state index < -0.39 is 11.8 Å². The molecular weight excluding hydrogens is 395 g/mol. The fourth-order valence-electron chi connectivity index (χ4n) is 2.87. The van der Waals surface area contributed by atoms with Gasteiger partial charge in [0.15, 0.2) is 0 Å². The Labute approximate surface area is 163 Å². The number of benzene rings is 3. The van der Waals surface area contributed by atoms with E-state index in [2.05, 4.69) is 5.10 Å². The van der Waals surface area contributed by atoms with Crippen LogP contribution in [-0.4, -0.2) is 23.0 Å². The number of halogens is 3. The molecule has 7 heteroatoms. The SMILES string of the molecule is O=C1c2ccc(Cl)c3c(Cl)ccc(c23)C(=O)N1/N=C/c1ccc(Cl)cc1. The maximum Gasteiger partial charge on any atom is 0.282 e. The Bertz CT molecular complexity index is 1050. The maximum absolute atomic E-state index is 12.8. The van der Waals surface area contributed by atoms with Gasteiger partial charge in [-0.05, 0) is 42.0 Å². The first-order valence-corrected chi connectivity index (χ1v) is 8.70. The lowest BCUT2D eigenvalue weighted by atomic mass is 9.95. The van der Waals surface area contributed by atoms with Gasteiger partial charge in [0.1, 0.15) is 0 Å². The summed E-state index contributed by atoms with van der Waals surface area (Å²) in [6.45, 7) is 0. The van der Waals surface area contributed by atoms with Crippen molar-refractivity contribution in [1.82, 2.24) is 5.01 Å². The van der Waals surface area contributed by atoms with Crippen molar-refractivity contribution in [2.75, 3.05) is 0 Å². The Balaban J connectivity index is 1.83. The van der Waals surface area contributed by atoms with Gasteiger partial charge >= 0.3 is 0 Å². The minimum Gasteiger partial charge on any atom is -0.267 e. The van der Waals surface area contributed by atoms with Crippen LogP contribution in [0.1, 0.15) is 26.3 Å². The van der Waals surface area contributed by atoms with Crippen LogP contribution in [-0.2, 0) is 0 Å². The molecule has 3 aromatic rings. The summed E-state index contributed by atoms with van der Waals surface area (Å²) in [5.41, 5.74) is 1.36. The van der Waals surface area contributed by atoms with E-state index >= 15 is 0 Å². The second kappa shape index (κ2) is 6.40. The van der Waals surface area contributed by atoms with Crippen LogP contribution in [0.2, 0.25) is 15.1 Å². The molecule has 0 bridgehead atoms. The van der Waals surface area contributed by atoms with Gasteiger partial charge in [-0.2, -0.15) is 10.1 Å². The third kappa shape index (κ3) is 2.67. The molecule has 0 aromatic heterocycles. The summed E-state index contributed by atoms with van der Waals surface area (Å²) >= 11 is 18.3. The molecule has 0 radical (unpaired) electrons. The summed E-state index contributed by atoms with van der Waals surface area (Å²) in [5, 5.41) is 7.22. The van der Waals surface area contributed by atoms with Crippen molar-refractivity contribution in [2.45, 2.75) is 0 Å². The predicted molar refractivity (Wildman–Crippen MR) is 104 cm³/mol. The Morgan fingerprint density at radius 1 is 0.731 bits per heavy atom. The number of carbonyl (C=O) groups is 2. The average Bonchev–Trinajstić information content (AvgIpc) is 2.62. The van der Waals surface area contributed by atoms with E-state index in [0.717, 1.165) is 5.01 Å². The molecule has 26 heavy (non-hydrogen) atoms. The number of carbonyl (C=O) groups excluding carboxylic acids is 2. The van der Waals surface area contributed by atoms with E-state index in [1.165, 1.54) is 6.21 Å². The predicted octanol–water partition coefficient (Wildman–Crippen LogP) is 5.43. The molecule has 1 heterocycles. The highest BCUT2D eigenvalue weighted by Gasteiger charge is 2.34. The van der Waals surface area contributed by atoms with Crippen molar-refractivity contribution in [1.29, 1.82) is 0 Å². The van der Waals surface area contributed by atoms with E-state index in [0.29, 0.717) is 42.5 Å². The maximum atomic E-state index is 12.8. The van der Waals surface area contributed by atoms with Gasteiger partial charge in [-0.15, -0.1) is 0 Å². The van der Waals surface area contributed by atoms with Crippen LogP contribution in [0, 0.1) is 0 Å². The Morgan fingerprint density at radius 2 is 1.27 bits per heavy atom. The summed E-state index contributed by atoms with van der Waals surface area (Å²) in [4.78, 5) is 25.6. The van der Waals surface area contributed by atoms with Crippen molar-refractivity contribution in [3.63, 3.8) is 0 Å². The molecule has 0 aliphatic carbocycles. The Hall–Kier alpha value is -2.40. The number of hydrogen-bond donors (Lipinski definition) is 0. The number of nitrogens with zero attached hydrogens (tertiary/aromatic N) is 2. The molecule has 128 valence electrons. The third-order valence-corrected chi connectivity index (χ3v) is 4.98. The second-order valence-electron chi connectivity index (χ2n) is 5.66. The zero-order chi connectivity index (χ0) is 18.4. The highest BCUT2D eigenvalue weighted by Crippen LogP contribution is 2.38. The van der Waals surface area contributed by atoms with Gasteiger partial charge in [-0.25, -0.2) is 0 Å². The highest BCUT2D eigenvalue weighted by molar-refractivity contribution is 6.44. The lowest BCUT2D eigenvalue weighted by Gasteiger charge is -2.23. The average molecular weight is 404 g/mol. The van der Waals surface area contributed by atoms with Crippen LogP contribution in [0.4, 0.5) is 0 Å². The quantitative estimate of drug-likeness (QED) is 0.423. The number of rotatable bonds is 2. The van der Waals surface area contributed by atoms with E-state index in [9.17, 15) is 9.59 Å². The first-order chi connectivity index (χ1) is 12.5. The fraction of sp³-hybridized carbons (Fsp3) is 0. The number of imide groups is 1. The molecule has 4 rings (SSSR count). The van der Waals surface area contributed by atoms with Crippen LogP contribution in [0.3, 0.4) is 0 Å². The molecule has 0 spiro atoms. The highest BCUT2D eigenvalue weighted by atomic mass is 35.5. The first kappa shape index (κ1) is 17.0. The van der Waals surface area contributed by atoms with Crippen LogP contribution in [0.5, 0.6) is 0 Å². The van der Waals surface area contributed by atoms with Gasteiger partial charge < -0.3 is 0 Å². The minimum absolute atomic E-state index is 0.328. The van der Waals surface area contributed by atoms with Gasteiger partial charge in [-0.3, -0.25) is 9.59 Å². The van der Waals surface area contributed by atoms with Crippen molar-refractivity contribution < 1.29 is 9.59 Å². The smallest absolute Gasteiger partial charge is 0.267 e. The number of amides is 2. The zero-order valence-electron chi connectivity index (χ0n) is 13.0. The fourth-order valence-corrected chi connectivity index (χ4v) is 3.56. The van der Waals surface area contributed by atoms with Gasteiger partial charge in [0, 0.05) is 25.8 Å².